The fraction of sp³-hybridized carbons (Fsp3) is 0.167. The normalized spacial score (nSPS) is 9.38. The van der Waals surface area contributed by atoms with Crippen molar-refractivity contribution in [2.24, 2.45) is 0 Å². The molecule has 4 nitrogen and oxygen atoms in total. The Bertz CT molecular complexity index is 566. The molecular weight excluding hydrogens is 200 g/mol. The van der Waals surface area contributed by atoms with Crippen molar-refractivity contribution in [2.45, 2.75) is 13.8 Å². The summed E-state index contributed by atoms with van der Waals surface area (Å²) in [6, 6.07) is 3.56. The van der Waals surface area contributed by atoms with Crippen molar-refractivity contribution >= 4 is 0 Å². The van der Waals surface area contributed by atoms with Crippen LogP contribution in [0.3, 0.4) is 0 Å². The van der Waals surface area contributed by atoms with Gasteiger partial charge in [-0.25, -0.2) is 19.9 Å². The van der Waals surface area contributed by atoms with Gasteiger partial charge in [-0.3, -0.25) is 0 Å². The van der Waals surface area contributed by atoms with Crippen LogP contribution >= 0.6 is 0 Å². The standard InChI is InChI=1S/C12H10N4/c1-3-4-10-5-7-14-12(16-10)11-6-8-13-9(2)15-11/h5-8H,1-2H3. The number of rotatable bonds is 1. The van der Waals surface area contributed by atoms with Gasteiger partial charge in [0.15, 0.2) is 5.82 Å². The van der Waals surface area contributed by atoms with Crippen LogP contribution in [0, 0.1) is 18.8 Å². The summed E-state index contributed by atoms with van der Waals surface area (Å²) >= 11 is 0. The first kappa shape index (κ1) is 10.2. The van der Waals surface area contributed by atoms with E-state index in [0.29, 0.717) is 23.0 Å². The fourth-order valence-corrected chi connectivity index (χ4v) is 1.26. The molecule has 0 aromatic carbocycles. The van der Waals surface area contributed by atoms with E-state index >= 15 is 0 Å². The van der Waals surface area contributed by atoms with Crippen LogP contribution in [0.1, 0.15) is 18.4 Å². The molecular formula is C12H10N4. The van der Waals surface area contributed by atoms with Crippen molar-refractivity contribution in [3.63, 3.8) is 0 Å². The lowest BCUT2D eigenvalue weighted by atomic mass is 10.3. The van der Waals surface area contributed by atoms with Crippen molar-refractivity contribution in [3.05, 3.63) is 36.0 Å². The molecule has 0 saturated carbocycles. The van der Waals surface area contributed by atoms with Crippen LogP contribution in [0.25, 0.3) is 11.5 Å². The summed E-state index contributed by atoms with van der Waals surface area (Å²) in [4.78, 5) is 16.8. The van der Waals surface area contributed by atoms with Crippen LogP contribution in [-0.2, 0) is 0 Å². The summed E-state index contributed by atoms with van der Waals surface area (Å²) in [6.07, 6.45) is 3.37. The summed E-state index contributed by atoms with van der Waals surface area (Å²) < 4.78 is 0. The molecule has 2 aromatic heterocycles. The predicted octanol–water partition coefficient (Wildman–Crippen LogP) is 1.61. The predicted molar refractivity (Wildman–Crippen MR) is 60.3 cm³/mol. The molecule has 0 unspecified atom stereocenters. The Labute approximate surface area is 93.8 Å². The van der Waals surface area contributed by atoms with E-state index in [-0.39, 0.29) is 0 Å². The molecule has 0 saturated heterocycles. The van der Waals surface area contributed by atoms with Crippen LogP contribution < -0.4 is 0 Å². The highest BCUT2D eigenvalue weighted by Gasteiger charge is 2.03. The molecule has 0 bridgehead atoms. The Hall–Kier alpha value is -2.28. The van der Waals surface area contributed by atoms with E-state index in [0.717, 1.165) is 0 Å². The van der Waals surface area contributed by atoms with Crippen LogP contribution in [0.4, 0.5) is 0 Å². The second-order valence-electron chi connectivity index (χ2n) is 3.13. The Morgan fingerprint density at radius 2 is 1.88 bits per heavy atom. The minimum atomic E-state index is 0.575. The number of aromatic nitrogens is 4. The summed E-state index contributed by atoms with van der Waals surface area (Å²) in [5, 5.41) is 0. The van der Waals surface area contributed by atoms with Crippen LogP contribution in [-0.4, -0.2) is 19.9 Å². The van der Waals surface area contributed by atoms with Crippen molar-refractivity contribution in [1.29, 1.82) is 0 Å². The Balaban J connectivity index is 2.46. The summed E-state index contributed by atoms with van der Waals surface area (Å²) in [5.41, 5.74) is 1.41. The molecule has 2 rings (SSSR count). The highest BCUT2D eigenvalue weighted by atomic mass is 14.9. The number of hydrogen-bond acceptors (Lipinski definition) is 4. The van der Waals surface area contributed by atoms with Crippen LogP contribution in [0.2, 0.25) is 0 Å². The molecule has 2 heterocycles. The molecule has 0 N–H and O–H groups in total. The molecule has 4 heteroatoms. The van der Waals surface area contributed by atoms with Crippen molar-refractivity contribution < 1.29 is 0 Å². The van der Waals surface area contributed by atoms with Gasteiger partial charge in [0.2, 0.25) is 0 Å². The second-order valence-corrected chi connectivity index (χ2v) is 3.13. The zero-order chi connectivity index (χ0) is 11.4. The van der Waals surface area contributed by atoms with E-state index in [1.165, 1.54) is 0 Å². The lowest BCUT2D eigenvalue weighted by Crippen LogP contribution is -1.96. The molecule has 78 valence electrons. The monoisotopic (exact) mass is 210 g/mol. The van der Waals surface area contributed by atoms with E-state index in [1.807, 2.05) is 6.92 Å². The smallest absolute Gasteiger partial charge is 0.179 e. The molecule has 0 amide bonds. The van der Waals surface area contributed by atoms with Gasteiger partial charge in [-0.05, 0) is 31.9 Å². The lowest BCUT2D eigenvalue weighted by molar-refractivity contribution is 1.03. The molecule has 0 aliphatic rings. The van der Waals surface area contributed by atoms with E-state index in [9.17, 15) is 0 Å². The average Bonchev–Trinajstić information content (AvgIpc) is 2.30. The highest BCUT2D eigenvalue weighted by Crippen LogP contribution is 2.10. The Morgan fingerprint density at radius 3 is 2.62 bits per heavy atom. The van der Waals surface area contributed by atoms with Gasteiger partial charge >= 0.3 is 0 Å². The quantitative estimate of drug-likeness (QED) is 0.671. The van der Waals surface area contributed by atoms with E-state index < -0.39 is 0 Å². The molecule has 0 fully saturated rings. The number of hydrogen-bond donors (Lipinski definition) is 0. The first-order valence-corrected chi connectivity index (χ1v) is 4.85. The van der Waals surface area contributed by atoms with Gasteiger partial charge in [0, 0.05) is 12.4 Å². The first-order valence-electron chi connectivity index (χ1n) is 4.85. The molecule has 0 aliphatic carbocycles. The third-order valence-electron chi connectivity index (χ3n) is 1.91. The van der Waals surface area contributed by atoms with Crippen LogP contribution in [0.5, 0.6) is 0 Å². The van der Waals surface area contributed by atoms with E-state index in [4.69, 9.17) is 0 Å². The van der Waals surface area contributed by atoms with Crippen molar-refractivity contribution in [3.8, 4) is 23.4 Å². The minimum absolute atomic E-state index is 0.575. The Morgan fingerprint density at radius 1 is 1.06 bits per heavy atom. The topological polar surface area (TPSA) is 51.6 Å². The molecule has 16 heavy (non-hydrogen) atoms. The van der Waals surface area contributed by atoms with Crippen molar-refractivity contribution in [2.75, 3.05) is 0 Å². The SMILES string of the molecule is CC#Cc1ccnc(-c2ccnc(C)n2)n1. The number of aryl methyl sites for hydroxylation is 1. The van der Waals surface area contributed by atoms with Crippen molar-refractivity contribution in [1.82, 2.24) is 19.9 Å². The van der Waals surface area contributed by atoms with Gasteiger partial charge < -0.3 is 0 Å². The third-order valence-corrected chi connectivity index (χ3v) is 1.91. The average molecular weight is 210 g/mol. The molecule has 0 aliphatic heterocycles. The highest BCUT2D eigenvalue weighted by molar-refractivity contribution is 5.49. The largest absolute Gasteiger partial charge is 0.242 e. The lowest BCUT2D eigenvalue weighted by Gasteiger charge is -1.99. The maximum Gasteiger partial charge on any atom is 0.179 e. The summed E-state index contributed by atoms with van der Waals surface area (Å²) in [6.45, 7) is 3.61. The molecule has 2 aromatic rings. The van der Waals surface area contributed by atoms with Gasteiger partial charge in [-0.15, -0.1) is 0 Å². The Kier molecular flexibility index (Phi) is 2.88. The molecule has 0 spiro atoms. The summed E-state index contributed by atoms with van der Waals surface area (Å²) in [7, 11) is 0. The zero-order valence-corrected chi connectivity index (χ0v) is 9.10. The fourth-order valence-electron chi connectivity index (χ4n) is 1.26. The molecule has 0 radical (unpaired) electrons. The maximum atomic E-state index is 4.30. The van der Waals surface area contributed by atoms with Gasteiger partial charge in [0.1, 0.15) is 17.2 Å². The van der Waals surface area contributed by atoms with Gasteiger partial charge in [0.05, 0.1) is 0 Å². The molecule has 0 atom stereocenters. The maximum absolute atomic E-state index is 4.30. The van der Waals surface area contributed by atoms with Gasteiger partial charge in [-0.2, -0.15) is 0 Å². The summed E-state index contributed by atoms with van der Waals surface area (Å²) in [5.74, 6) is 6.97. The van der Waals surface area contributed by atoms with E-state index in [1.54, 1.807) is 31.5 Å². The van der Waals surface area contributed by atoms with Gasteiger partial charge in [0.25, 0.3) is 0 Å². The third kappa shape index (κ3) is 2.20. The second kappa shape index (κ2) is 4.49. The first-order chi connectivity index (χ1) is 7.79. The van der Waals surface area contributed by atoms with Crippen LogP contribution in [0.15, 0.2) is 24.5 Å². The zero-order valence-electron chi connectivity index (χ0n) is 9.10. The van der Waals surface area contributed by atoms with Gasteiger partial charge in [-0.1, -0.05) is 5.92 Å². The minimum Gasteiger partial charge on any atom is -0.242 e. The number of nitrogens with zero attached hydrogens (tertiary/aromatic N) is 4. The van der Waals surface area contributed by atoms with E-state index in [2.05, 4.69) is 31.8 Å².